The number of rotatable bonds is 0. The van der Waals surface area contributed by atoms with E-state index in [4.69, 9.17) is 0 Å². The molecule has 1 aromatic heterocycles. The van der Waals surface area contributed by atoms with Gasteiger partial charge in [-0.1, -0.05) is 72.8 Å². The summed E-state index contributed by atoms with van der Waals surface area (Å²) in [5.41, 5.74) is 10.7. The van der Waals surface area contributed by atoms with Crippen LogP contribution in [0.4, 0.5) is 0 Å². The quantitative estimate of drug-likeness (QED) is 0.389. The molecule has 0 aliphatic heterocycles. The average molecular weight is 305 g/mol. The Morgan fingerprint density at radius 1 is 0.500 bits per heavy atom. The highest BCUT2D eigenvalue weighted by Crippen LogP contribution is 2.62. The van der Waals surface area contributed by atoms with Crippen LogP contribution in [0.15, 0.2) is 85.1 Å². The van der Waals surface area contributed by atoms with Crippen molar-refractivity contribution in [3.8, 4) is 22.3 Å². The topological polar surface area (TPSA) is 15.8 Å². The van der Waals surface area contributed by atoms with Crippen LogP contribution < -0.4 is 0 Å². The van der Waals surface area contributed by atoms with Gasteiger partial charge in [0.15, 0.2) is 0 Å². The second-order valence-electron chi connectivity index (χ2n) is 6.65. The van der Waals surface area contributed by atoms with Crippen LogP contribution in [0.3, 0.4) is 0 Å². The van der Waals surface area contributed by atoms with Crippen molar-refractivity contribution in [3.05, 3.63) is 107 Å². The predicted molar refractivity (Wildman–Crippen MR) is 97.1 cm³/mol. The Hall–Kier alpha value is -3.06. The molecule has 1 spiro atoms. The van der Waals surface area contributed by atoms with E-state index in [-0.39, 0.29) is 5.41 Å². The molecule has 2 aliphatic rings. The number of fused-ring (bicyclic) bond motifs is 10. The molecule has 0 fully saturated rings. The molecule has 1 heteroatoms. The predicted octanol–water partition coefficient (Wildman–Crippen LogP) is 5.36. The number of aromatic amines is 1. The summed E-state index contributed by atoms with van der Waals surface area (Å²) in [6, 6.07) is 28.8. The lowest BCUT2D eigenvalue weighted by atomic mass is 9.73. The molecular weight excluding hydrogens is 290 g/mol. The first-order valence-corrected chi connectivity index (χ1v) is 8.39. The minimum atomic E-state index is -0.206. The molecule has 1 nitrogen and oxygen atoms in total. The molecule has 6 rings (SSSR count). The Kier molecular flexibility index (Phi) is 2.10. The third-order valence-electron chi connectivity index (χ3n) is 5.70. The standard InChI is InChI=1S/C23H15N/c1-4-10-19-15(7-1)16-8-2-5-11-20(16)23(19)21-12-6-3-9-17(21)18-13-14-24-22(18)23/h1-14,24H. The first-order valence-electron chi connectivity index (χ1n) is 8.39. The summed E-state index contributed by atoms with van der Waals surface area (Å²) in [7, 11) is 0. The maximum absolute atomic E-state index is 3.58. The molecule has 0 saturated carbocycles. The number of H-pyrrole nitrogens is 1. The van der Waals surface area contributed by atoms with E-state index in [2.05, 4.69) is 90.0 Å². The maximum Gasteiger partial charge on any atom is 0.0875 e. The van der Waals surface area contributed by atoms with Gasteiger partial charge in [0.2, 0.25) is 0 Å². The Labute approximate surface area is 140 Å². The van der Waals surface area contributed by atoms with Crippen LogP contribution in [0.2, 0.25) is 0 Å². The van der Waals surface area contributed by atoms with Crippen LogP contribution in [-0.2, 0) is 5.41 Å². The van der Waals surface area contributed by atoms with Crippen molar-refractivity contribution in [1.29, 1.82) is 0 Å². The summed E-state index contributed by atoms with van der Waals surface area (Å²) in [5.74, 6) is 0. The smallest absolute Gasteiger partial charge is 0.0875 e. The molecule has 24 heavy (non-hydrogen) atoms. The Morgan fingerprint density at radius 2 is 0.958 bits per heavy atom. The largest absolute Gasteiger partial charge is 0.363 e. The van der Waals surface area contributed by atoms with Crippen LogP contribution in [0.1, 0.15) is 22.4 Å². The molecule has 0 amide bonds. The fourth-order valence-corrected chi connectivity index (χ4v) is 4.88. The van der Waals surface area contributed by atoms with Gasteiger partial charge in [-0.3, -0.25) is 0 Å². The SMILES string of the molecule is c1ccc2c(c1)-c1ccccc1C21c2ccccc2-c2cc[nH]c21. The molecule has 0 radical (unpaired) electrons. The zero-order valence-electron chi connectivity index (χ0n) is 13.1. The van der Waals surface area contributed by atoms with Gasteiger partial charge in [-0.05, 0) is 39.4 Å². The zero-order chi connectivity index (χ0) is 15.7. The fourth-order valence-electron chi connectivity index (χ4n) is 4.88. The molecule has 112 valence electrons. The van der Waals surface area contributed by atoms with Crippen LogP contribution in [-0.4, -0.2) is 4.98 Å². The summed E-state index contributed by atoms with van der Waals surface area (Å²) in [6.07, 6.45) is 2.08. The number of nitrogens with one attached hydrogen (secondary N) is 1. The zero-order valence-corrected chi connectivity index (χ0v) is 13.1. The normalized spacial score (nSPS) is 15.0. The summed E-state index contributed by atoms with van der Waals surface area (Å²) < 4.78 is 0. The highest BCUT2D eigenvalue weighted by Gasteiger charge is 2.52. The van der Waals surface area contributed by atoms with E-state index in [1.807, 2.05) is 0 Å². The van der Waals surface area contributed by atoms with Gasteiger partial charge in [0, 0.05) is 17.5 Å². The number of aromatic nitrogens is 1. The van der Waals surface area contributed by atoms with E-state index in [0.29, 0.717) is 0 Å². The van der Waals surface area contributed by atoms with Crippen molar-refractivity contribution in [2.45, 2.75) is 5.41 Å². The molecule has 0 atom stereocenters. The van der Waals surface area contributed by atoms with Gasteiger partial charge < -0.3 is 4.98 Å². The molecule has 0 unspecified atom stereocenters. The average Bonchev–Trinajstić information content (AvgIpc) is 3.30. The minimum absolute atomic E-state index is 0.206. The lowest BCUT2D eigenvalue weighted by Gasteiger charge is -2.29. The fraction of sp³-hybridized carbons (Fsp3) is 0.0435. The van der Waals surface area contributed by atoms with Crippen molar-refractivity contribution >= 4 is 0 Å². The molecule has 3 aromatic carbocycles. The highest BCUT2D eigenvalue weighted by molar-refractivity contribution is 5.94. The van der Waals surface area contributed by atoms with Gasteiger partial charge in [-0.25, -0.2) is 0 Å². The van der Waals surface area contributed by atoms with Crippen LogP contribution in [0, 0.1) is 0 Å². The molecule has 2 aliphatic carbocycles. The van der Waals surface area contributed by atoms with Crippen molar-refractivity contribution < 1.29 is 0 Å². The van der Waals surface area contributed by atoms with Gasteiger partial charge in [-0.2, -0.15) is 0 Å². The van der Waals surface area contributed by atoms with Gasteiger partial charge in [0.05, 0.1) is 5.41 Å². The summed E-state index contributed by atoms with van der Waals surface area (Å²) in [5, 5.41) is 0. The molecule has 0 bridgehead atoms. The Balaban J connectivity index is 1.89. The second kappa shape index (κ2) is 4.07. The lowest BCUT2D eigenvalue weighted by Crippen LogP contribution is -2.26. The highest BCUT2D eigenvalue weighted by atomic mass is 14.8. The third-order valence-corrected chi connectivity index (χ3v) is 5.70. The van der Waals surface area contributed by atoms with Crippen molar-refractivity contribution in [1.82, 2.24) is 4.98 Å². The molecule has 4 aromatic rings. The van der Waals surface area contributed by atoms with Crippen LogP contribution in [0.25, 0.3) is 22.3 Å². The number of benzene rings is 3. The molecule has 1 N–H and O–H groups in total. The van der Waals surface area contributed by atoms with E-state index >= 15 is 0 Å². The van der Waals surface area contributed by atoms with E-state index < -0.39 is 0 Å². The van der Waals surface area contributed by atoms with Crippen LogP contribution in [0.5, 0.6) is 0 Å². The van der Waals surface area contributed by atoms with Crippen LogP contribution >= 0.6 is 0 Å². The van der Waals surface area contributed by atoms with E-state index in [0.717, 1.165) is 0 Å². The van der Waals surface area contributed by atoms with Crippen molar-refractivity contribution in [2.75, 3.05) is 0 Å². The van der Waals surface area contributed by atoms with Gasteiger partial charge >= 0.3 is 0 Å². The van der Waals surface area contributed by atoms with E-state index in [1.54, 1.807) is 0 Å². The molecular formula is C23H15N. The summed E-state index contributed by atoms with van der Waals surface area (Å²) in [6.45, 7) is 0. The van der Waals surface area contributed by atoms with Crippen molar-refractivity contribution in [2.24, 2.45) is 0 Å². The molecule has 1 heterocycles. The molecule has 0 saturated heterocycles. The Morgan fingerprint density at radius 3 is 1.50 bits per heavy atom. The second-order valence-corrected chi connectivity index (χ2v) is 6.65. The Bertz CT molecular complexity index is 1070. The van der Waals surface area contributed by atoms with Crippen molar-refractivity contribution in [3.63, 3.8) is 0 Å². The minimum Gasteiger partial charge on any atom is -0.363 e. The third kappa shape index (κ3) is 1.18. The summed E-state index contributed by atoms with van der Waals surface area (Å²) in [4.78, 5) is 3.58. The maximum atomic E-state index is 3.58. The first kappa shape index (κ1) is 12.4. The lowest BCUT2D eigenvalue weighted by molar-refractivity contribution is 0.765. The summed E-state index contributed by atoms with van der Waals surface area (Å²) >= 11 is 0. The first-order chi connectivity index (χ1) is 11.9. The van der Waals surface area contributed by atoms with Gasteiger partial charge in [-0.15, -0.1) is 0 Å². The number of hydrogen-bond acceptors (Lipinski definition) is 0. The van der Waals surface area contributed by atoms with Gasteiger partial charge in [0.25, 0.3) is 0 Å². The van der Waals surface area contributed by atoms with Gasteiger partial charge in [0.1, 0.15) is 0 Å². The monoisotopic (exact) mass is 305 g/mol. The number of hydrogen-bond donors (Lipinski definition) is 1. The van der Waals surface area contributed by atoms with E-state index in [9.17, 15) is 0 Å². The van der Waals surface area contributed by atoms with E-state index in [1.165, 1.54) is 44.6 Å².